The molecular formula is C13H15NO4. The highest BCUT2D eigenvalue weighted by Gasteiger charge is 2.31. The van der Waals surface area contributed by atoms with Gasteiger partial charge < -0.3 is 15.2 Å². The fourth-order valence-electron chi connectivity index (χ4n) is 1.99. The Morgan fingerprint density at radius 1 is 1.50 bits per heavy atom. The van der Waals surface area contributed by atoms with Gasteiger partial charge in [-0.3, -0.25) is 4.79 Å². The fraction of sp³-hybridized carbons (Fsp3) is 0.385. The van der Waals surface area contributed by atoms with E-state index in [0.717, 1.165) is 5.56 Å². The summed E-state index contributed by atoms with van der Waals surface area (Å²) in [5, 5.41) is 11.4. The van der Waals surface area contributed by atoms with Crippen molar-refractivity contribution in [3.05, 3.63) is 29.8 Å². The van der Waals surface area contributed by atoms with Gasteiger partial charge in [-0.25, -0.2) is 4.79 Å². The van der Waals surface area contributed by atoms with E-state index in [1.54, 1.807) is 13.0 Å². The molecule has 0 spiro atoms. The summed E-state index contributed by atoms with van der Waals surface area (Å²) in [4.78, 5) is 22.9. The zero-order chi connectivity index (χ0) is 13.1. The van der Waals surface area contributed by atoms with Crippen molar-refractivity contribution in [2.45, 2.75) is 25.3 Å². The predicted octanol–water partition coefficient (Wildman–Crippen LogP) is 1.14. The van der Waals surface area contributed by atoms with Gasteiger partial charge in [-0.1, -0.05) is 25.1 Å². The van der Waals surface area contributed by atoms with Crippen LogP contribution in [-0.2, 0) is 9.59 Å². The lowest BCUT2D eigenvalue weighted by atomic mass is 10.00. The van der Waals surface area contributed by atoms with Gasteiger partial charge in [0.2, 0.25) is 5.91 Å². The van der Waals surface area contributed by atoms with Gasteiger partial charge in [-0.05, 0) is 12.5 Å². The van der Waals surface area contributed by atoms with Crippen molar-refractivity contribution in [2.75, 3.05) is 6.61 Å². The Morgan fingerprint density at radius 3 is 2.89 bits per heavy atom. The molecule has 0 saturated carbocycles. The number of nitrogens with one attached hydrogen (secondary N) is 1. The zero-order valence-electron chi connectivity index (χ0n) is 10.1. The number of carboxylic acids is 1. The molecule has 1 aromatic rings. The number of hydrogen-bond donors (Lipinski definition) is 2. The molecule has 5 nitrogen and oxygen atoms in total. The second-order valence-corrected chi connectivity index (χ2v) is 4.21. The molecule has 0 radical (unpaired) electrons. The van der Waals surface area contributed by atoms with E-state index in [0.29, 0.717) is 12.2 Å². The van der Waals surface area contributed by atoms with Crippen LogP contribution in [0.5, 0.6) is 5.75 Å². The van der Waals surface area contributed by atoms with Crippen molar-refractivity contribution in [2.24, 2.45) is 0 Å². The van der Waals surface area contributed by atoms with Crippen LogP contribution in [0.25, 0.3) is 0 Å². The summed E-state index contributed by atoms with van der Waals surface area (Å²) in [7, 11) is 0. The van der Waals surface area contributed by atoms with E-state index in [2.05, 4.69) is 5.32 Å². The van der Waals surface area contributed by atoms with Crippen molar-refractivity contribution in [3.8, 4) is 5.75 Å². The molecule has 0 fully saturated rings. The number of carboxylic acid groups (broad SMARTS) is 1. The average Bonchev–Trinajstić information content (AvgIpc) is 2.79. The highest BCUT2D eigenvalue weighted by Crippen LogP contribution is 2.33. The molecular weight excluding hydrogens is 234 g/mol. The molecule has 2 N–H and O–H groups in total. The summed E-state index contributed by atoms with van der Waals surface area (Å²) in [6.07, 6.45) is 0.357. The molecule has 1 unspecified atom stereocenters. The van der Waals surface area contributed by atoms with Gasteiger partial charge >= 0.3 is 5.97 Å². The molecule has 96 valence electrons. The van der Waals surface area contributed by atoms with Crippen molar-refractivity contribution < 1.29 is 19.4 Å². The van der Waals surface area contributed by atoms with Gasteiger partial charge in [0.1, 0.15) is 24.3 Å². The van der Waals surface area contributed by atoms with E-state index in [1.807, 2.05) is 18.2 Å². The summed E-state index contributed by atoms with van der Waals surface area (Å²) < 4.78 is 5.40. The standard InChI is InChI=1S/C13H15NO4/c1-2-10(13(16)17)14-12(15)9-7-18-11-6-4-3-5-8(9)11/h3-6,9-10H,2,7H2,1H3,(H,14,15)(H,16,17)/t9?,10-/m0/s1. The molecule has 0 aromatic heterocycles. The van der Waals surface area contributed by atoms with E-state index in [9.17, 15) is 9.59 Å². The third-order valence-corrected chi connectivity index (χ3v) is 3.04. The molecule has 0 bridgehead atoms. The minimum atomic E-state index is -1.02. The number of para-hydroxylation sites is 1. The quantitative estimate of drug-likeness (QED) is 0.839. The number of fused-ring (bicyclic) bond motifs is 1. The van der Waals surface area contributed by atoms with Crippen molar-refractivity contribution in [1.29, 1.82) is 0 Å². The number of hydrogen-bond acceptors (Lipinski definition) is 3. The molecule has 5 heteroatoms. The maximum atomic E-state index is 12.0. The maximum absolute atomic E-state index is 12.0. The van der Waals surface area contributed by atoms with Crippen LogP contribution < -0.4 is 10.1 Å². The van der Waals surface area contributed by atoms with E-state index in [1.165, 1.54) is 0 Å². The lowest BCUT2D eigenvalue weighted by Crippen LogP contribution is -2.42. The first-order chi connectivity index (χ1) is 8.63. The fourth-order valence-corrected chi connectivity index (χ4v) is 1.99. The van der Waals surface area contributed by atoms with Crippen molar-refractivity contribution >= 4 is 11.9 Å². The number of carbonyl (C=O) groups is 2. The topological polar surface area (TPSA) is 75.6 Å². The number of amides is 1. The maximum Gasteiger partial charge on any atom is 0.326 e. The smallest absolute Gasteiger partial charge is 0.326 e. The molecule has 1 aliphatic heterocycles. The van der Waals surface area contributed by atoms with Crippen LogP contribution in [0.15, 0.2) is 24.3 Å². The highest BCUT2D eigenvalue weighted by molar-refractivity contribution is 5.89. The Hall–Kier alpha value is -2.04. The molecule has 1 amide bonds. The lowest BCUT2D eigenvalue weighted by molar-refractivity contribution is -0.142. The number of ether oxygens (including phenoxy) is 1. The minimum absolute atomic E-state index is 0.265. The molecule has 1 aliphatic rings. The number of carbonyl (C=O) groups excluding carboxylic acids is 1. The molecule has 18 heavy (non-hydrogen) atoms. The van der Waals surface area contributed by atoms with E-state index in [4.69, 9.17) is 9.84 Å². The number of aliphatic carboxylic acids is 1. The van der Waals surface area contributed by atoms with E-state index in [-0.39, 0.29) is 12.5 Å². The summed E-state index contributed by atoms with van der Waals surface area (Å²) in [6, 6.07) is 6.46. The average molecular weight is 249 g/mol. The monoisotopic (exact) mass is 249 g/mol. The second kappa shape index (κ2) is 5.08. The van der Waals surface area contributed by atoms with Crippen LogP contribution >= 0.6 is 0 Å². The van der Waals surface area contributed by atoms with Crippen LogP contribution in [-0.4, -0.2) is 29.6 Å². The summed E-state index contributed by atoms with van der Waals surface area (Å²) in [5.41, 5.74) is 0.815. The van der Waals surface area contributed by atoms with Gasteiger partial charge in [0.25, 0.3) is 0 Å². The summed E-state index contributed by atoms with van der Waals surface area (Å²) in [5.74, 6) is -1.04. The number of benzene rings is 1. The van der Waals surface area contributed by atoms with Gasteiger partial charge in [-0.15, -0.1) is 0 Å². The third-order valence-electron chi connectivity index (χ3n) is 3.04. The van der Waals surface area contributed by atoms with Crippen LogP contribution in [0, 0.1) is 0 Å². The molecule has 2 rings (SSSR count). The Balaban J connectivity index is 2.10. The molecule has 2 atom stereocenters. The predicted molar refractivity (Wildman–Crippen MR) is 64.5 cm³/mol. The molecule has 1 aromatic carbocycles. The van der Waals surface area contributed by atoms with Crippen LogP contribution in [0.1, 0.15) is 24.8 Å². The Morgan fingerprint density at radius 2 is 2.22 bits per heavy atom. The highest BCUT2D eigenvalue weighted by atomic mass is 16.5. The number of rotatable bonds is 4. The molecule has 0 aliphatic carbocycles. The summed E-state index contributed by atoms with van der Waals surface area (Å²) >= 11 is 0. The third kappa shape index (κ3) is 2.30. The first-order valence-electron chi connectivity index (χ1n) is 5.88. The largest absolute Gasteiger partial charge is 0.492 e. The van der Waals surface area contributed by atoms with Gasteiger partial charge in [0, 0.05) is 5.56 Å². The first-order valence-corrected chi connectivity index (χ1v) is 5.88. The lowest BCUT2D eigenvalue weighted by Gasteiger charge is -2.15. The molecule has 1 heterocycles. The van der Waals surface area contributed by atoms with Gasteiger partial charge in [0.05, 0.1) is 0 Å². The Bertz CT molecular complexity index is 472. The normalized spacial score (nSPS) is 18.6. The summed E-state index contributed by atoms with van der Waals surface area (Å²) in [6.45, 7) is 1.99. The second-order valence-electron chi connectivity index (χ2n) is 4.21. The van der Waals surface area contributed by atoms with Crippen molar-refractivity contribution in [3.63, 3.8) is 0 Å². The van der Waals surface area contributed by atoms with E-state index < -0.39 is 17.9 Å². The SMILES string of the molecule is CC[C@H](NC(=O)C1COc2ccccc21)C(=O)O. The van der Waals surface area contributed by atoms with Crippen LogP contribution in [0.3, 0.4) is 0 Å². The minimum Gasteiger partial charge on any atom is -0.492 e. The van der Waals surface area contributed by atoms with Crippen LogP contribution in [0.2, 0.25) is 0 Å². The van der Waals surface area contributed by atoms with Gasteiger partial charge in [-0.2, -0.15) is 0 Å². The van der Waals surface area contributed by atoms with E-state index >= 15 is 0 Å². The Labute approximate surface area is 105 Å². The van der Waals surface area contributed by atoms with Crippen molar-refractivity contribution in [1.82, 2.24) is 5.32 Å². The van der Waals surface area contributed by atoms with Crippen LogP contribution in [0.4, 0.5) is 0 Å². The van der Waals surface area contributed by atoms with Gasteiger partial charge in [0.15, 0.2) is 0 Å². The Kier molecular flexibility index (Phi) is 3.50. The zero-order valence-corrected chi connectivity index (χ0v) is 10.1. The first kappa shape index (κ1) is 12.4. The molecule has 0 saturated heterocycles.